The molecule has 0 aliphatic carbocycles. The topological polar surface area (TPSA) is 97.2 Å². The lowest BCUT2D eigenvalue weighted by molar-refractivity contribution is -0.114. The Morgan fingerprint density at radius 1 is 0.969 bits per heavy atom. The molecule has 0 spiro atoms. The minimum atomic E-state index is -0.453. The normalized spacial score (nSPS) is 13.0. The van der Waals surface area contributed by atoms with E-state index in [-0.39, 0.29) is 17.0 Å². The van der Waals surface area contributed by atoms with Crippen molar-refractivity contribution < 1.29 is 14.4 Å². The van der Waals surface area contributed by atoms with Crippen molar-refractivity contribution in [2.45, 2.75) is 13.8 Å². The summed E-state index contributed by atoms with van der Waals surface area (Å²) in [6, 6.07) is 13.6. The molecule has 0 fully saturated rings. The third-order valence-corrected chi connectivity index (χ3v) is 5.49. The first-order valence-electron chi connectivity index (χ1n) is 9.76. The number of carbonyl (C=O) groups is 3. The van der Waals surface area contributed by atoms with Gasteiger partial charge >= 0.3 is 0 Å². The lowest BCUT2D eigenvalue weighted by Gasteiger charge is -2.14. The zero-order valence-corrected chi connectivity index (χ0v) is 17.8. The highest BCUT2D eigenvalue weighted by Gasteiger charge is 2.40. The first-order chi connectivity index (χ1) is 15.3. The fraction of sp³-hybridized carbons (Fsp3) is 0.0870. The summed E-state index contributed by atoms with van der Waals surface area (Å²) < 4.78 is 1.63. The van der Waals surface area contributed by atoms with Gasteiger partial charge in [0, 0.05) is 23.8 Å². The Morgan fingerprint density at radius 2 is 1.62 bits per heavy atom. The van der Waals surface area contributed by atoms with Crippen LogP contribution >= 0.6 is 11.6 Å². The summed E-state index contributed by atoms with van der Waals surface area (Å²) in [5.41, 5.74) is 3.29. The molecule has 32 heavy (non-hydrogen) atoms. The predicted molar refractivity (Wildman–Crippen MR) is 120 cm³/mol. The van der Waals surface area contributed by atoms with E-state index in [2.05, 4.69) is 15.4 Å². The Balaban J connectivity index is 1.60. The second-order valence-electron chi connectivity index (χ2n) is 7.39. The smallest absolute Gasteiger partial charge is 0.267 e. The van der Waals surface area contributed by atoms with Crippen LogP contribution in [-0.4, -0.2) is 32.5 Å². The number of imide groups is 1. The number of hydrogen-bond acceptors (Lipinski definition) is 5. The zero-order valence-electron chi connectivity index (χ0n) is 17.1. The maximum absolute atomic E-state index is 13.4. The predicted octanol–water partition coefficient (Wildman–Crippen LogP) is 4.14. The van der Waals surface area contributed by atoms with E-state index in [4.69, 9.17) is 11.6 Å². The number of aryl methyl sites for hydroxylation is 1. The van der Waals surface area contributed by atoms with Gasteiger partial charge in [0.05, 0.1) is 33.6 Å². The Morgan fingerprint density at radius 3 is 2.28 bits per heavy atom. The minimum absolute atomic E-state index is 0.208. The van der Waals surface area contributed by atoms with E-state index < -0.39 is 11.8 Å². The summed E-state index contributed by atoms with van der Waals surface area (Å²) in [5.74, 6) is -1.10. The zero-order chi connectivity index (χ0) is 22.6. The molecule has 0 atom stereocenters. The first-order valence-corrected chi connectivity index (χ1v) is 10.1. The maximum atomic E-state index is 13.4. The number of amides is 3. The number of rotatable bonds is 3. The van der Waals surface area contributed by atoms with Gasteiger partial charge in [-0.25, -0.2) is 14.6 Å². The third-order valence-electron chi connectivity index (χ3n) is 5.24. The number of hydrogen-bond donors (Lipinski definition) is 1. The summed E-state index contributed by atoms with van der Waals surface area (Å²) >= 11 is 5.99. The second kappa shape index (κ2) is 7.28. The molecule has 3 amide bonds. The summed E-state index contributed by atoms with van der Waals surface area (Å²) in [4.78, 5) is 43.3. The number of anilines is 2. The summed E-state index contributed by atoms with van der Waals surface area (Å²) in [5, 5.41) is 8.34. The number of aromatic nitrogens is 3. The van der Waals surface area contributed by atoms with Crippen LogP contribution in [0.2, 0.25) is 5.02 Å². The molecule has 9 heteroatoms. The molecular weight excluding hydrogens is 430 g/mol. The fourth-order valence-electron chi connectivity index (χ4n) is 3.85. The molecule has 0 saturated heterocycles. The molecule has 0 radical (unpaired) electrons. The standard InChI is InChI=1S/C23H16ClN5O3/c1-12-19-20-18(11-25-21(19)29(27-12)17-7-3-14(24)4-8-17)22(31)28(23(20)32)16-9-5-15(6-10-16)26-13(2)30/h3-11H,1-2H3,(H,26,30). The average Bonchev–Trinajstić information content (AvgIpc) is 3.23. The van der Waals surface area contributed by atoms with Gasteiger partial charge in [0.15, 0.2) is 5.65 Å². The van der Waals surface area contributed by atoms with Crippen molar-refractivity contribution >= 4 is 51.7 Å². The largest absolute Gasteiger partial charge is 0.326 e. The first kappa shape index (κ1) is 19.9. The van der Waals surface area contributed by atoms with Crippen LogP contribution in [0.15, 0.2) is 54.7 Å². The van der Waals surface area contributed by atoms with Crippen LogP contribution in [0.1, 0.15) is 33.3 Å². The van der Waals surface area contributed by atoms with Gasteiger partial charge in [-0.2, -0.15) is 5.10 Å². The van der Waals surface area contributed by atoms with Gasteiger partial charge in [-0.3, -0.25) is 14.4 Å². The van der Waals surface area contributed by atoms with Crippen molar-refractivity contribution in [1.82, 2.24) is 14.8 Å². The molecule has 1 aliphatic heterocycles. The number of nitrogens with one attached hydrogen (secondary N) is 1. The molecule has 158 valence electrons. The lowest BCUT2D eigenvalue weighted by Crippen LogP contribution is -2.29. The Hall–Kier alpha value is -4.04. The van der Waals surface area contributed by atoms with Crippen molar-refractivity contribution in [3.05, 3.63) is 76.6 Å². The second-order valence-corrected chi connectivity index (χ2v) is 7.83. The van der Waals surface area contributed by atoms with Crippen LogP contribution in [0.5, 0.6) is 0 Å². The Bertz CT molecular complexity index is 1430. The Kier molecular flexibility index (Phi) is 4.53. The van der Waals surface area contributed by atoms with Crippen molar-refractivity contribution in [1.29, 1.82) is 0 Å². The van der Waals surface area contributed by atoms with Crippen molar-refractivity contribution in [3.63, 3.8) is 0 Å². The Labute approximate surface area is 187 Å². The van der Waals surface area contributed by atoms with E-state index in [1.165, 1.54) is 13.1 Å². The van der Waals surface area contributed by atoms with Crippen LogP contribution in [0.4, 0.5) is 11.4 Å². The van der Waals surface area contributed by atoms with E-state index in [1.54, 1.807) is 60.1 Å². The van der Waals surface area contributed by atoms with Crippen LogP contribution in [0, 0.1) is 6.92 Å². The molecule has 0 saturated carbocycles. The van der Waals surface area contributed by atoms with Crippen LogP contribution in [-0.2, 0) is 4.79 Å². The number of nitrogens with zero attached hydrogens (tertiary/aromatic N) is 4. The van der Waals surface area contributed by atoms with E-state index in [0.717, 1.165) is 10.6 Å². The summed E-state index contributed by atoms with van der Waals surface area (Å²) in [6.45, 7) is 3.18. The minimum Gasteiger partial charge on any atom is -0.326 e. The molecule has 5 rings (SSSR count). The number of carbonyl (C=O) groups excluding carboxylic acids is 3. The van der Waals surface area contributed by atoms with Crippen LogP contribution < -0.4 is 10.2 Å². The van der Waals surface area contributed by atoms with E-state index in [1.807, 2.05) is 0 Å². The van der Waals surface area contributed by atoms with Gasteiger partial charge in [-0.1, -0.05) is 11.6 Å². The fourth-order valence-corrected chi connectivity index (χ4v) is 3.98. The summed E-state index contributed by atoms with van der Waals surface area (Å²) in [6.07, 6.45) is 1.41. The van der Waals surface area contributed by atoms with Crippen molar-refractivity contribution in [2.24, 2.45) is 0 Å². The molecule has 2 aromatic heterocycles. The average molecular weight is 446 g/mol. The molecule has 1 N–H and O–H groups in total. The van der Waals surface area contributed by atoms with E-state index in [9.17, 15) is 14.4 Å². The van der Waals surface area contributed by atoms with Gasteiger partial charge in [-0.05, 0) is 55.5 Å². The van der Waals surface area contributed by atoms with Gasteiger partial charge in [0.25, 0.3) is 11.8 Å². The SMILES string of the molecule is CC(=O)Nc1ccc(N2C(=O)c3cnc4c(c(C)nn4-c4ccc(Cl)cc4)c3C2=O)cc1. The van der Waals surface area contributed by atoms with E-state index >= 15 is 0 Å². The summed E-state index contributed by atoms with van der Waals surface area (Å²) in [7, 11) is 0. The lowest BCUT2D eigenvalue weighted by atomic mass is 10.1. The molecule has 4 aromatic rings. The van der Waals surface area contributed by atoms with Crippen molar-refractivity contribution in [2.75, 3.05) is 10.2 Å². The molecule has 0 unspecified atom stereocenters. The van der Waals surface area contributed by atoms with Crippen LogP contribution in [0.25, 0.3) is 16.7 Å². The molecular formula is C23H16ClN5O3. The van der Waals surface area contributed by atoms with Gasteiger partial charge in [0.1, 0.15) is 0 Å². The number of fused-ring (bicyclic) bond motifs is 3. The van der Waals surface area contributed by atoms with E-state index in [0.29, 0.717) is 33.1 Å². The highest BCUT2D eigenvalue weighted by molar-refractivity contribution is 6.37. The van der Waals surface area contributed by atoms with Gasteiger partial charge in [-0.15, -0.1) is 0 Å². The van der Waals surface area contributed by atoms with Gasteiger partial charge < -0.3 is 5.32 Å². The third kappa shape index (κ3) is 3.04. The van der Waals surface area contributed by atoms with Crippen LogP contribution in [0.3, 0.4) is 0 Å². The number of benzene rings is 2. The number of pyridine rings is 1. The highest BCUT2D eigenvalue weighted by atomic mass is 35.5. The highest BCUT2D eigenvalue weighted by Crippen LogP contribution is 2.35. The monoisotopic (exact) mass is 445 g/mol. The molecule has 3 heterocycles. The molecule has 8 nitrogen and oxygen atoms in total. The molecule has 1 aliphatic rings. The van der Waals surface area contributed by atoms with Crippen molar-refractivity contribution in [3.8, 4) is 5.69 Å². The maximum Gasteiger partial charge on any atom is 0.267 e. The van der Waals surface area contributed by atoms with Gasteiger partial charge in [0.2, 0.25) is 5.91 Å². The molecule has 2 aromatic carbocycles. The quantitative estimate of drug-likeness (QED) is 0.478. The number of halogens is 1. The molecule has 0 bridgehead atoms.